The van der Waals surface area contributed by atoms with Gasteiger partial charge in [-0.2, -0.15) is 0 Å². The second kappa shape index (κ2) is 10.1. The maximum atomic E-state index is 12.5. The van der Waals surface area contributed by atoms with Crippen molar-refractivity contribution in [2.75, 3.05) is 13.7 Å². The average Bonchev–Trinajstić information content (AvgIpc) is 2.70. The maximum absolute atomic E-state index is 12.5. The standard InChI is InChI=1S/C19H28N2O6/c1-4-10-26-13-6-5-7-14(19(24)27-12(2)11-13)21-18(23)16-17(22)15(25-3)8-9-20-16/h8-9,12-14,22H,4-7,10-11H2,1-3H3,(H,21,23)/t12-,13-,14-/m0/s1. The Kier molecular flexibility index (Phi) is 7.84. The van der Waals surface area contributed by atoms with Gasteiger partial charge in [0.25, 0.3) is 5.91 Å². The van der Waals surface area contributed by atoms with Crippen molar-refractivity contribution in [3.63, 3.8) is 0 Å². The lowest BCUT2D eigenvalue weighted by molar-refractivity contribution is -0.151. The quantitative estimate of drug-likeness (QED) is 0.729. The van der Waals surface area contributed by atoms with Gasteiger partial charge in [0.2, 0.25) is 0 Å². The Labute approximate surface area is 159 Å². The van der Waals surface area contributed by atoms with E-state index in [9.17, 15) is 14.7 Å². The summed E-state index contributed by atoms with van der Waals surface area (Å²) in [5.74, 6) is -1.37. The summed E-state index contributed by atoms with van der Waals surface area (Å²) < 4.78 is 16.3. The van der Waals surface area contributed by atoms with Gasteiger partial charge in [-0.05, 0) is 32.6 Å². The second-order valence-corrected chi connectivity index (χ2v) is 6.64. The molecule has 3 atom stereocenters. The largest absolute Gasteiger partial charge is 0.503 e. The van der Waals surface area contributed by atoms with Crippen molar-refractivity contribution >= 4 is 11.9 Å². The number of hydrogen-bond acceptors (Lipinski definition) is 7. The molecule has 2 N–H and O–H groups in total. The van der Waals surface area contributed by atoms with E-state index in [4.69, 9.17) is 14.2 Å². The molecule has 0 radical (unpaired) electrons. The molecule has 2 rings (SSSR count). The summed E-state index contributed by atoms with van der Waals surface area (Å²) in [7, 11) is 1.38. The molecular weight excluding hydrogens is 352 g/mol. The summed E-state index contributed by atoms with van der Waals surface area (Å²) in [6.07, 6.45) is 4.56. The molecule has 1 aliphatic rings. The van der Waals surface area contributed by atoms with Crippen LogP contribution in [0.4, 0.5) is 0 Å². The Morgan fingerprint density at radius 2 is 2.22 bits per heavy atom. The molecule has 27 heavy (non-hydrogen) atoms. The SMILES string of the molecule is CCCO[C@H]1CCC[C@H](NC(=O)c2nccc(OC)c2O)C(=O)O[C@@H](C)C1. The van der Waals surface area contributed by atoms with Crippen molar-refractivity contribution in [1.82, 2.24) is 10.3 Å². The van der Waals surface area contributed by atoms with E-state index >= 15 is 0 Å². The van der Waals surface area contributed by atoms with Gasteiger partial charge in [-0.3, -0.25) is 4.79 Å². The molecule has 0 bridgehead atoms. The van der Waals surface area contributed by atoms with Gasteiger partial charge in [0, 0.05) is 25.3 Å². The summed E-state index contributed by atoms with van der Waals surface area (Å²) in [6, 6.07) is 0.635. The Balaban J connectivity index is 2.06. The highest BCUT2D eigenvalue weighted by molar-refractivity contribution is 5.97. The number of carbonyl (C=O) groups excluding carboxylic acids is 2. The van der Waals surface area contributed by atoms with Gasteiger partial charge in [-0.1, -0.05) is 6.92 Å². The molecule has 1 amide bonds. The van der Waals surface area contributed by atoms with E-state index in [2.05, 4.69) is 10.3 Å². The number of ether oxygens (including phenoxy) is 3. The van der Waals surface area contributed by atoms with Crippen molar-refractivity contribution < 1.29 is 28.9 Å². The molecule has 0 aromatic carbocycles. The predicted molar refractivity (Wildman–Crippen MR) is 97.8 cm³/mol. The van der Waals surface area contributed by atoms with Crippen LogP contribution in [0.5, 0.6) is 11.5 Å². The number of pyridine rings is 1. The molecule has 1 aromatic rings. The zero-order valence-electron chi connectivity index (χ0n) is 16.1. The molecule has 2 heterocycles. The summed E-state index contributed by atoms with van der Waals surface area (Å²) in [5.41, 5.74) is -0.195. The highest BCUT2D eigenvalue weighted by Gasteiger charge is 2.29. The van der Waals surface area contributed by atoms with Crippen LogP contribution >= 0.6 is 0 Å². The van der Waals surface area contributed by atoms with E-state index in [1.807, 2.05) is 13.8 Å². The fourth-order valence-electron chi connectivity index (χ4n) is 3.04. The summed E-state index contributed by atoms with van der Waals surface area (Å²) >= 11 is 0. The van der Waals surface area contributed by atoms with Crippen LogP contribution in [-0.4, -0.2) is 53.9 Å². The molecule has 1 fully saturated rings. The number of carbonyl (C=O) groups is 2. The first-order chi connectivity index (χ1) is 13.0. The first kappa shape index (κ1) is 21.0. The molecule has 0 saturated carbocycles. The molecule has 150 valence electrons. The number of esters is 1. The zero-order chi connectivity index (χ0) is 19.8. The van der Waals surface area contributed by atoms with Gasteiger partial charge in [0.15, 0.2) is 17.2 Å². The monoisotopic (exact) mass is 380 g/mol. The zero-order valence-corrected chi connectivity index (χ0v) is 16.1. The number of nitrogens with zero attached hydrogens (tertiary/aromatic N) is 1. The number of hydrogen-bond donors (Lipinski definition) is 2. The highest BCUT2D eigenvalue weighted by Crippen LogP contribution is 2.27. The van der Waals surface area contributed by atoms with Gasteiger partial charge in [-0.25, -0.2) is 9.78 Å². The molecule has 8 heteroatoms. The van der Waals surface area contributed by atoms with E-state index in [0.29, 0.717) is 25.9 Å². The normalized spacial score (nSPS) is 23.5. The third-order valence-corrected chi connectivity index (χ3v) is 4.40. The minimum Gasteiger partial charge on any atom is -0.503 e. The van der Waals surface area contributed by atoms with Gasteiger partial charge in [0.1, 0.15) is 12.1 Å². The van der Waals surface area contributed by atoms with Gasteiger partial charge in [0.05, 0.1) is 13.2 Å². The van der Waals surface area contributed by atoms with Crippen molar-refractivity contribution in [1.29, 1.82) is 0 Å². The van der Waals surface area contributed by atoms with Gasteiger partial charge in [-0.15, -0.1) is 0 Å². The van der Waals surface area contributed by atoms with E-state index in [0.717, 1.165) is 12.8 Å². The minimum atomic E-state index is -0.808. The molecule has 0 unspecified atom stereocenters. The predicted octanol–water partition coefficient (Wildman–Crippen LogP) is 2.20. The number of nitrogens with one attached hydrogen (secondary N) is 1. The van der Waals surface area contributed by atoms with Crippen LogP contribution in [0, 0.1) is 0 Å². The Hall–Kier alpha value is -2.35. The number of aromatic nitrogens is 1. The summed E-state index contributed by atoms with van der Waals surface area (Å²) in [5, 5.41) is 12.7. The van der Waals surface area contributed by atoms with Crippen LogP contribution < -0.4 is 10.1 Å². The molecule has 1 saturated heterocycles. The van der Waals surface area contributed by atoms with Crippen molar-refractivity contribution in [2.45, 2.75) is 64.2 Å². The van der Waals surface area contributed by atoms with Gasteiger partial charge >= 0.3 is 5.97 Å². The van der Waals surface area contributed by atoms with Crippen LogP contribution in [0.15, 0.2) is 12.3 Å². The fraction of sp³-hybridized carbons (Fsp3) is 0.632. The lowest BCUT2D eigenvalue weighted by Crippen LogP contribution is -2.42. The fourth-order valence-corrected chi connectivity index (χ4v) is 3.04. The van der Waals surface area contributed by atoms with Crippen molar-refractivity contribution in [2.24, 2.45) is 0 Å². The number of aromatic hydroxyl groups is 1. The molecule has 1 aromatic heterocycles. The second-order valence-electron chi connectivity index (χ2n) is 6.64. The lowest BCUT2D eigenvalue weighted by atomic mass is 10.0. The third kappa shape index (κ3) is 5.82. The molecule has 0 aliphatic carbocycles. The smallest absolute Gasteiger partial charge is 0.328 e. The number of rotatable bonds is 6. The average molecular weight is 380 g/mol. The minimum absolute atomic E-state index is 0.0336. The lowest BCUT2D eigenvalue weighted by Gasteiger charge is -2.20. The first-order valence-electron chi connectivity index (χ1n) is 9.31. The van der Waals surface area contributed by atoms with Crippen LogP contribution in [0.1, 0.15) is 56.4 Å². The van der Waals surface area contributed by atoms with Crippen molar-refractivity contribution in [3.05, 3.63) is 18.0 Å². The molecular formula is C19H28N2O6. The third-order valence-electron chi connectivity index (χ3n) is 4.40. The molecule has 1 aliphatic heterocycles. The van der Waals surface area contributed by atoms with Crippen LogP contribution in [0.25, 0.3) is 0 Å². The number of amides is 1. The topological polar surface area (TPSA) is 107 Å². The van der Waals surface area contributed by atoms with E-state index < -0.39 is 17.9 Å². The highest BCUT2D eigenvalue weighted by atomic mass is 16.5. The first-order valence-corrected chi connectivity index (χ1v) is 9.31. The maximum Gasteiger partial charge on any atom is 0.328 e. The van der Waals surface area contributed by atoms with Crippen LogP contribution in [-0.2, 0) is 14.3 Å². The Morgan fingerprint density at radius 1 is 1.44 bits per heavy atom. The summed E-state index contributed by atoms with van der Waals surface area (Å²) in [4.78, 5) is 28.8. The van der Waals surface area contributed by atoms with E-state index in [1.54, 1.807) is 0 Å². The molecule has 0 spiro atoms. The van der Waals surface area contributed by atoms with E-state index in [1.165, 1.54) is 19.4 Å². The Bertz CT molecular complexity index is 651. The van der Waals surface area contributed by atoms with Crippen LogP contribution in [0.2, 0.25) is 0 Å². The Morgan fingerprint density at radius 3 is 2.93 bits per heavy atom. The number of cyclic esters (lactones) is 1. The number of methoxy groups -OCH3 is 1. The van der Waals surface area contributed by atoms with E-state index in [-0.39, 0.29) is 29.4 Å². The summed E-state index contributed by atoms with van der Waals surface area (Å²) in [6.45, 7) is 4.54. The van der Waals surface area contributed by atoms with Crippen LogP contribution in [0.3, 0.4) is 0 Å². The van der Waals surface area contributed by atoms with Crippen molar-refractivity contribution in [3.8, 4) is 11.5 Å². The van der Waals surface area contributed by atoms with Gasteiger partial charge < -0.3 is 24.6 Å². The molecule has 8 nitrogen and oxygen atoms in total.